The number of amidine groups is 1. The Morgan fingerprint density at radius 1 is 1.06 bits per heavy atom. The van der Waals surface area contributed by atoms with E-state index in [1.54, 1.807) is 24.9 Å². The number of nitrogen functional groups attached to an aromatic ring is 1. The highest BCUT2D eigenvalue weighted by atomic mass is 19.1. The van der Waals surface area contributed by atoms with Crippen LogP contribution in [0.25, 0.3) is 0 Å². The van der Waals surface area contributed by atoms with E-state index >= 15 is 0 Å². The van der Waals surface area contributed by atoms with Crippen molar-refractivity contribution in [3.8, 4) is 0 Å². The van der Waals surface area contributed by atoms with Crippen molar-refractivity contribution in [1.82, 2.24) is 20.9 Å². The average Bonchev–Trinajstić information content (AvgIpc) is 3.05. The highest BCUT2D eigenvalue weighted by molar-refractivity contribution is 5.94. The van der Waals surface area contributed by atoms with E-state index in [2.05, 4.69) is 36.4 Å². The number of allylic oxidation sites excluding steroid dienone is 4. The summed E-state index contributed by atoms with van der Waals surface area (Å²) in [5.74, 6) is -0.673. The number of ether oxygens (including phenoxy) is 1. The van der Waals surface area contributed by atoms with Crippen LogP contribution in [0, 0.1) is 18.3 Å². The number of likely N-dealkylation sites (N-methyl/N-ethyl adjacent to an activating group) is 1. The summed E-state index contributed by atoms with van der Waals surface area (Å²) in [7, 11) is 1.74. The van der Waals surface area contributed by atoms with Gasteiger partial charge in [-0.3, -0.25) is 19.8 Å². The molecule has 0 bridgehead atoms. The van der Waals surface area contributed by atoms with E-state index in [0.29, 0.717) is 26.1 Å². The van der Waals surface area contributed by atoms with Crippen molar-refractivity contribution in [2.24, 2.45) is 11.7 Å². The third kappa shape index (κ3) is 29.2. The summed E-state index contributed by atoms with van der Waals surface area (Å²) < 4.78 is 19.3. The van der Waals surface area contributed by atoms with E-state index in [9.17, 15) is 18.8 Å². The molecule has 2 atom stereocenters. The number of carbonyl (C=O) groups excluding carboxylic acids is 3. The Kier molecular flexibility index (Phi) is 30.9. The first kappa shape index (κ1) is 47.4. The maximum atomic E-state index is 14.0. The molecule has 0 aliphatic heterocycles. The lowest BCUT2D eigenvalue weighted by molar-refractivity contribution is -0.131. The zero-order chi connectivity index (χ0) is 36.8. The molecule has 3 amide bonds. The molecule has 11 heteroatoms. The molecule has 2 unspecified atom stereocenters. The van der Waals surface area contributed by atoms with Crippen molar-refractivity contribution < 1.29 is 23.5 Å². The van der Waals surface area contributed by atoms with Crippen molar-refractivity contribution in [2.75, 3.05) is 39.8 Å². The minimum Gasteiger partial charge on any atom is -0.493 e. The quantitative estimate of drug-likeness (QED) is 0.0470. The maximum absolute atomic E-state index is 14.0. The fraction of sp³-hybridized carbons (Fsp3) is 0.556. The first-order chi connectivity index (χ1) is 22.2. The largest absolute Gasteiger partial charge is 0.493 e. The number of amides is 3. The van der Waals surface area contributed by atoms with Gasteiger partial charge >= 0.3 is 0 Å². The Morgan fingerprint density at radius 2 is 1.64 bits per heavy atom. The SMILES string of the molecule is C=C(/C=C(F)\C=C/C(C)CCNC(=O)CNC(C)=O)OCCNC(C)C(=O)N(C)CC.CC.CCCC.Cc1ccc(C(=N)N)cc1. The second-order valence-electron chi connectivity index (χ2n) is 10.5. The number of hydrogen-bond acceptors (Lipinski definition) is 6. The van der Waals surface area contributed by atoms with E-state index in [4.69, 9.17) is 15.9 Å². The number of nitrogens with one attached hydrogen (secondary N) is 4. The smallest absolute Gasteiger partial charge is 0.239 e. The van der Waals surface area contributed by atoms with E-state index in [1.165, 1.54) is 37.5 Å². The lowest BCUT2D eigenvalue weighted by Crippen LogP contribution is -2.44. The topological polar surface area (TPSA) is 150 Å². The van der Waals surface area contributed by atoms with Crippen LogP contribution in [-0.2, 0) is 19.1 Å². The van der Waals surface area contributed by atoms with Crippen molar-refractivity contribution >= 4 is 23.6 Å². The van der Waals surface area contributed by atoms with Crippen LogP contribution in [-0.4, -0.2) is 74.3 Å². The Bertz CT molecular complexity index is 1090. The summed E-state index contributed by atoms with van der Waals surface area (Å²) in [6, 6.07) is 7.25. The molecule has 0 radical (unpaired) electrons. The van der Waals surface area contributed by atoms with Crippen LogP contribution in [0.4, 0.5) is 4.39 Å². The van der Waals surface area contributed by atoms with Gasteiger partial charge in [0.2, 0.25) is 17.7 Å². The molecule has 0 saturated carbocycles. The molecule has 1 rings (SSSR count). The normalized spacial score (nSPS) is 11.6. The lowest BCUT2D eigenvalue weighted by Gasteiger charge is -2.20. The predicted molar refractivity (Wildman–Crippen MR) is 194 cm³/mol. The number of nitrogens with two attached hydrogens (primary N) is 1. The van der Waals surface area contributed by atoms with Gasteiger partial charge in [-0.05, 0) is 39.2 Å². The van der Waals surface area contributed by atoms with Crippen LogP contribution in [0.2, 0.25) is 0 Å². The third-order valence-corrected chi connectivity index (χ3v) is 6.23. The minimum atomic E-state index is -0.493. The average molecular weight is 663 g/mol. The van der Waals surface area contributed by atoms with Crippen molar-refractivity contribution in [3.05, 3.63) is 71.8 Å². The minimum absolute atomic E-state index is 0.00110. The predicted octanol–water partition coefficient (Wildman–Crippen LogP) is 5.77. The zero-order valence-electron chi connectivity index (χ0n) is 30.6. The lowest BCUT2D eigenvalue weighted by atomic mass is 10.1. The Balaban J connectivity index is -0.000000984. The number of benzene rings is 1. The molecule has 0 aliphatic rings. The van der Waals surface area contributed by atoms with Gasteiger partial charge in [-0.2, -0.15) is 0 Å². The van der Waals surface area contributed by atoms with Gasteiger partial charge < -0.3 is 31.3 Å². The Labute approximate surface area is 284 Å². The molecule has 0 fully saturated rings. The highest BCUT2D eigenvalue weighted by Crippen LogP contribution is 2.09. The second kappa shape index (κ2) is 30.7. The van der Waals surface area contributed by atoms with Gasteiger partial charge in [-0.1, -0.05) is 89.9 Å². The van der Waals surface area contributed by atoms with Crippen molar-refractivity contribution in [1.29, 1.82) is 5.41 Å². The molecule has 268 valence electrons. The first-order valence-corrected chi connectivity index (χ1v) is 16.5. The number of unbranched alkanes of at least 4 members (excludes halogenated alkanes) is 1. The number of rotatable bonds is 17. The van der Waals surface area contributed by atoms with Crippen LogP contribution >= 0.6 is 0 Å². The van der Waals surface area contributed by atoms with Crippen LogP contribution in [0.1, 0.15) is 85.8 Å². The van der Waals surface area contributed by atoms with E-state index in [1.807, 2.05) is 58.9 Å². The van der Waals surface area contributed by atoms with Crippen molar-refractivity contribution in [3.63, 3.8) is 0 Å². The Morgan fingerprint density at radius 3 is 2.13 bits per heavy atom. The molecule has 0 aromatic heterocycles. The number of aryl methyl sites for hydroxylation is 1. The van der Waals surface area contributed by atoms with Crippen LogP contribution < -0.4 is 21.7 Å². The van der Waals surface area contributed by atoms with E-state index in [0.717, 1.165) is 5.56 Å². The van der Waals surface area contributed by atoms with Crippen LogP contribution in [0.5, 0.6) is 0 Å². The number of hydrogen-bond donors (Lipinski definition) is 5. The molecule has 47 heavy (non-hydrogen) atoms. The summed E-state index contributed by atoms with van der Waals surface area (Å²) in [5, 5.41) is 15.2. The van der Waals surface area contributed by atoms with Gasteiger partial charge in [-0.15, -0.1) is 0 Å². The van der Waals surface area contributed by atoms with E-state index in [-0.39, 0.29) is 54.4 Å². The molecular weight excluding hydrogens is 599 g/mol. The molecule has 0 heterocycles. The number of carbonyl (C=O) groups is 3. The molecule has 6 N–H and O–H groups in total. The molecule has 1 aromatic rings. The fourth-order valence-electron chi connectivity index (χ4n) is 3.07. The third-order valence-electron chi connectivity index (χ3n) is 6.23. The summed E-state index contributed by atoms with van der Waals surface area (Å²) in [5.41, 5.74) is 7.22. The van der Waals surface area contributed by atoms with Gasteiger partial charge in [-0.25, -0.2) is 4.39 Å². The van der Waals surface area contributed by atoms with Gasteiger partial charge in [0.25, 0.3) is 0 Å². The zero-order valence-corrected chi connectivity index (χ0v) is 30.6. The number of halogens is 1. The van der Waals surface area contributed by atoms with Crippen LogP contribution in [0.3, 0.4) is 0 Å². The number of nitrogens with zero attached hydrogens (tertiary/aromatic N) is 1. The van der Waals surface area contributed by atoms with Gasteiger partial charge in [0, 0.05) is 45.2 Å². The molecule has 1 aromatic carbocycles. The summed E-state index contributed by atoms with van der Waals surface area (Å²) in [6.07, 6.45) is 7.48. The molecule has 10 nitrogen and oxygen atoms in total. The highest BCUT2D eigenvalue weighted by Gasteiger charge is 2.15. The van der Waals surface area contributed by atoms with Gasteiger partial charge in [0.15, 0.2) is 0 Å². The second-order valence-corrected chi connectivity index (χ2v) is 10.5. The van der Waals surface area contributed by atoms with Gasteiger partial charge in [0.05, 0.1) is 12.6 Å². The summed E-state index contributed by atoms with van der Waals surface area (Å²) in [6.45, 7) is 22.7. The first-order valence-electron chi connectivity index (χ1n) is 16.5. The Hall–Kier alpha value is -3.99. The molecule has 0 aliphatic carbocycles. The standard InChI is InChI=1S/C22H37FN4O4.C8H10N2.C4H10.C2H6/c1-7-27(6)22(30)18(4)24-12-13-31-17(3)14-20(23)9-8-16(2)10-11-25-21(29)15-26-19(5)28;1-6-2-4-7(5-3-6)8(9)10;1-3-4-2;1-2/h8-9,14,16,18,24H,3,7,10-13,15H2,1-2,4-6H3,(H,25,29)(H,26,28);2-5H,1H3,(H3,9,10);3-4H2,1-2H3;1-2H3/b9-8-,20-14+;;;. The van der Waals surface area contributed by atoms with E-state index < -0.39 is 5.83 Å². The maximum Gasteiger partial charge on any atom is 0.239 e. The monoisotopic (exact) mass is 662 g/mol. The summed E-state index contributed by atoms with van der Waals surface area (Å²) in [4.78, 5) is 35.8. The molecular formula is C36H63FN6O4. The molecule has 0 spiro atoms. The fourth-order valence-corrected chi connectivity index (χ4v) is 3.07. The van der Waals surface area contributed by atoms with Crippen LogP contribution in [0.15, 0.2) is 60.7 Å². The van der Waals surface area contributed by atoms with Gasteiger partial charge in [0.1, 0.15) is 24.0 Å². The summed E-state index contributed by atoms with van der Waals surface area (Å²) >= 11 is 0. The van der Waals surface area contributed by atoms with Crippen molar-refractivity contribution in [2.45, 2.75) is 87.6 Å². The molecule has 0 saturated heterocycles.